The quantitative estimate of drug-likeness (QED) is 0.847. The fourth-order valence-corrected chi connectivity index (χ4v) is 3.04. The third kappa shape index (κ3) is 3.57. The van der Waals surface area contributed by atoms with Crippen LogP contribution in [0.3, 0.4) is 0 Å². The number of ether oxygens (including phenoxy) is 1. The van der Waals surface area contributed by atoms with Gasteiger partial charge in [0, 0.05) is 43.6 Å². The third-order valence-corrected chi connectivity index (χ3v) is 4.55. The second-order valence-electron chi connectivity index (χ2n) is 5.97. The smallest absolute Gasteiger partial charge is 0.244 e. The molecule has 24 heavy (non-hydrogen) atoms. The molecule has 3 rings (SSSR count). The number of hydrogen-bond acceptors (Lipinski definition) is 4. The molecule has 1 fully saturated rings. The predicted octanol–water partition coefficient (Wildman–Crippen LogP) is 2.37. The number of pyridine rings is 1. The second-order valence-corrected chi connectivity index (χ2v) is 5.97. The van der Waals surface area contributed by atoms with E-state index in [1.165, 1.54) is 0 Å². The molecular weight excluding hydrogens is 302 g/mol. The summed E-state index contributed by atoms with van der Waals surface area (Å²) in [6.45, 7) is 4.40. The summed E-state index contributed by atoms with van der Waals surface area (Å²) < 4.78 is 5.18. The number of piperazine rings is 1. The topological polar surface area (TPSA) is 45.7 Å². The number of methoxy groups -OCH3 is 1. The Bertz CT molecular complexity index is 673. The van der Waals surface area contributed by atoms with Crippen LogP contribution in [0.15, 0.2) is 48.7 Å². The largest absolute Gasteiger partial charge is 0.497 e. The highest BCUT2D eigenvalue weighted by atomic mass is 16.5. The van der Waals surface area contributed by atoms with E-state index in [0.29, 0.717) is 6.54 Å². The molecule has 5 nitrogen and oxygen atoms in total. The molecule has 1 amide bonds. The lowest BCUT2D eigenvalue weighted by Gasteiger charge is -2.39. The fourth-order valence-electron chi connectivity index (χ4n) is 3.04. The highest BCUT2D eigenvalue weighted by Crippen LogP contribution is 2.23. The molecular formula is C19H23N3O2. The zero-order chi connectivity index (χ0) is 16.9. The molecule has 0 spiro atoms. The van der Waals surface area contributed by atoms with E-state index in [1.54, 1.807) is 7.11 Å². The van der Waals surface area contributed by atoms with E-state index in [0.717, 1.165) is 36.6 Å². The molecule has 1 saturated heterocycles. The van der Waals surface area contributed by atoms with Crippen LogP contribution in [0, 0.1) is 0 Å². The molecule has 1 aromatic heterocycles. The normalized spacial score (nSPS) is 18.7. The lowest BCUT2D eigenvalue weighted by molar-refractivity contribution is -0.125. The Labute approximate surface area is 142 Å². The zero-order valence-corrected chi connectivity index (χ0v) is 14.2. The number of nitrogens with zero attached hydrogens (tertiary/aromatic N) is 3. The van der Waals surface area contributed by atoms with Crippen molar-refractivity contribution in [3.05, 3.63) is 54.4 Å². The Balaban J connectivity index is 1.62. The first-order chi connectivity index (χ1) is 11.7. The Morgan fingerprint density at radius 3 is 2.62 bits per heavy atom. The van der Waals surface area contributed by atoms with E-state index < -0.39 is 0 Å². The van der Waals surface area contributed by atoms with Gasteiger partial charge in [-0.25, -0.2) is 0 Å². The maximum Gasteiger partial charge on any atom is 0.244 e. The molecule has 0 saturated carbocycles. The van der Waals surface area contributed by atoms with Crippen LogP contribution in [0.1, 0.15) is 12.6 Å². The number of aromatic nitrogens is 1. The summed E-state index contributed by atoms with van der Waals surface area (Å²) in [6, 6.07) is 13.5. The van der Waals surface area contributed by atoms with Crippen LogP contribution in [-0.2, 0) is 11.2 Å². The van der Waals surface area contributed by atoms with Crippen LogP contribution in [0.4, 0.5) is 5.69 Å². The van der Waals surface area contributed by atoms with Gasteiger partial charge in [-0.05, 0) is 43.3 Å². The fraction of sp³-hybridized carbons (Fsp3) is 0.368. The first-order valence-corrected chi connectivity index (χ1v) is 8.28. The van der Waals surface area contributed by atoms with Crippen molar-refractivity contribution in [3.63, 3.8) is 0 Å². The second kappa shape index (κ2) is 7.45. The van der Waals surface area contributed by atoms with E-state index in [9.17, 15) is 4.79 Å². The average molecular weight is 325 g/mol. The van der Waals surface area contributed by atoms with Crippen molar-refractivity contribution in [2.75, 3.05) is 31.6 Å². The van der Waals surface area contributed by atoms with Crippen LogP contribution in [0.25, 0.3) is 0 Å². The lowest BCUT2D eigenvalue weighted by Crippen LogP contribution is -2.56. The molecule has 0 bridgehead atoms. The van der Waals surface area contributed by atoms with E-state index in [1.807, 2.05) is 60.5 Å². The number of benzene rings is 1. The molecule has 2 aromatic rings. The number of amides is 1. The standard InChI is InChI=1S/C19H23N3O2/c1-15-19(23)22(17-6-8-18(24-2)9-7-17)14-13-21(15)12-10-16-5-3-4-11-20-16/h3-9,11,15H,10,12-14H2,1-2H3. The van der Waals surface area contributed by atoms with Gasteiger partial charge >= 0.3 is 0 Å². The highest BCUT2D eigenvalue weighted by molar-refractivity contribution is 5.97. The van der Waals surface area contributed by atoms with Gasteiger partial charge in [-0.2, -0.15) is 0 Å². The maximum atomic E-state index is 12.7. The van der Waals surface area contributed by atoms with Crippen molar-refractivity contribution in [1.82, 2.24) is 9.88 Å². The van der Waals surface area contributed by atoms with Crippen molar-refractivity contribution in [2.45, 2.75) is 19.4 Å². The minimum Gasteiger partial charge on any atom is -0.497 e. The van der Waals surface area contributed by atoms with E-state index in [4.69, 9.17) is 4.74 Å². The SMILES string of the molecule is COc1ccc(N2CCN(CCc3ccccn3)C(C)C2=O)cc1. The highest BCUT2D eigenvalue weighted by Gasteiger charge is 2.31. The van der Waals surface area contributed by atoms with Gasteiger partial charge < -0.3 is 9.64 Å². The molecule has 1 aliphatic heterocycles. The molecule has 5 heteroatoms. The van der Waals surface area contributed by atoms with E-state index in [2.05, 4.69) is 9.88 Å². The number of anilines is 1. The maximum absolute atomic E-state index is 12.7. The van der Waals surface area contributed by atoms with Gasteiger partial charge in [0.15, 0.2) is 0 Å². The molecule has 1 aromatic carbocycles. The first kappa shape index (κ1) is 16.5. The van der Waals surface area contributed by atoms with Crippen molar-refractivity contribution in [3.8, 4) is 5.75 Å². The minimum absolute atomic E-state index is 0.121. The van der Waals surface area contributed by atoms with Gasteiger partial charge in [0.05, 0.1) is 13.2 Å². The molecule has 1 aliphatic rings. The van der Waals surface area contributed by atoms with E-state index in [-0.39, 0.29) is 11.9 Å². The lowest BCUT2D eigenvalue weighted by atomic mass is 10.1. The molecule has 126 valence electrons. The molecule has 2 heterocycles. The van der Waals surface area contributed by atoms with Gasteiger partial charge in [-0.1, -0.05) is 6.07 Å². The summed E-state index contributed by atoms with van der Waals surface area (Å²) in [5, 5.41) is 0. The Morgan fingerprint density at radius 1 is 1.17 bits per heavy atom. The summed E-state index contributed by atoms with van der Waals surface area (Å²) >= 11 is 0. The molecule has 0 aliphatic carbocycles. The van der Waals surface area contributed by atoms with Gasteiger partial charge in [-0.3, -0.25) is 14.7 Å². The number of rotatable bonds is 5. The van der Waals surface area contributed by atoms with Crippen molar-refractivity contribution < 1.29 is 9.53 Å². The number of hydrogen-bond donors (Lipinski definition) is 0. The molecule has 0 radical (unpaired) electrons. The Kier molecular flexibility index (Phi) is 5.11. The molecule has 0 N–H and O–H groups in total. The van der Waals surface area contributed by atoms with Crippen LogP contribution < -0.4 is 9.64 Å². The van der Waals surface area contributed by atoms with Crippen LogP contribution in [0.2, 0.25) is 0 Å². The van der Waals surface area contributed by atoms with Crippen molar-refractivity contribution in [1.29, 1.82) is 0 Å². The Morgan fingerprint density at radius 2 is 1.96 bits per heavy atom. The third-order valence-electron chi connectivity index (χ3n) is 4.55. The van der Waals surface area contributed by atoms with Crippen molar-refractivity contribution >= 4 is 11.6 Å². The summed E-state index contributed by atoms with van der Waals surface area (Å²) in [5.74, 6) is 0.945. The summed E-state index contributed by atoms with van der Waals surface area (Å²) in [7, 11) is 1.64. The summed E-state index contributed by atoms with van der Waals surface area (Å²) in [4.78, 5) is 21.2. The summed E-state index contributed by atoms with van der Waals surface area (Å²) in [6.07, 6.45) is 2.67. The van der Waals surface area contributed by atoms with Crippen LogP contribution in [0.5, 0.6) is 5.75 Å². The molecule has 1 atom stereocenters. The predicted molar refractivity (Wildman–Crippen MR) is 94.3 cm³/mol. The van der Waals surface area contributed by atoms with Gasteiger partial charge in [0.1, 0.15) is 5.75 Å². The minimum atomic E-state index is -0.121. The van der Waals surface area contributed by atoms with Gasteiger partial charge in [0.25, 0.3) is 0 Å². The number of carbonyl (C=O) groups excluding carboxylic acids is 1. The number of carbonyl (C=O) groups is 1. The van der Waals surface area contributed by atoms with Gasteiger partial charge in [-0.15, -0.1) is 0 Å². The molecule has 1 unspecified atom stereocenters. The zero-order valence-electron chi connectivity index (χ0n) is 14.2. The van der Waals surface area contributed by atoms with Gasteiger partial charge in [0.2, 0.25) is 5.91 Å². The first-order valence-electron chi connectivity index (χ1n) is 8.28. The van der Waals surface area contributed by atoms with Crippen LogP contribution >= 0.6 is 0 Å². The average Bonchev–Trinajstić information content (AvgIpc) is 2.64. The van der Waals surface area contributed by atoms with Crippen LogP contribution in [-0.4, -0.2) is 48.6 Å². The summed E-state index contributed by atoms with van der Waals surface area (Å²) in [5.41, 5.74) is 1.99. The monoisotopic (exact) mass is 325 g/mol. The van der Waals surface area contributed by atoms with Crippen molar-refractivity contribution in [2.24, 2.45) is 0 Å². The van der Waals surface area contributed by atoms with E-state index >= 15 is 0 Å². The Hall–Kier alpha value is -2.40.